The highest BCUT2D eigenvalue weighted by molar-refractivity contribution is 5.76. The van der Waals surface area contributed by atoms with Crippen LogP contribution >= 0.6 is 0 Å². The van der Waals surface area contributed by atoms with Gasteiger partial charge in [-0.2, -0.15) is 5.10 Å². The van der Waals surface area contributed by atoms with E-state index in [1.165, 1.54) is 12.7 Å². The predicted octanol–water partition coefficient (Wildman–Crippen LogP) is 2.58. The number of furan rings is 1. The highest BCUT2D eigenvalue weighted by Crippen LogP contribution is 2.47. The molecule has 2 fully saturated rings. The Morgan fingerprint density at radius 1 is 1.43 bits per heavy atom. The molecule has 0 N–H and O–H groups in total. The maximum Gasteiger partial charge on any atom is 0.225 e. The summed E-state index contributed by atoms with van der Waals surface area (Å²) in [5.41, 5.74) is 0. The van der Waals surface area contributed by atoms with Crippen LogP contribution in [0.1, 0.15) is 50.0 Å². The molecule has 2 aliphatic carbocycles. The topological polar surface area (TPSA) is 64.2 Å². The molecule has 0 aliphatic heterocycles. The number of amides is 1. The molecule has 2 aromatic heterocycles. The van der Waals surface area contributed by atoms with E-state index in [0.717, 1.165) is 30.3 Å². The molecule has 0 aromatic carbocycles. The fourth-order valence-corrected chi connectivity index (χ4v) is 3.07. The summed E-state index contributed by atoms with van der Waals surface area (Å²) in [4.78, 5) is 18.4. The van der Waals surface area contributed by atoms with Gasteiger partial charge in [0.1, 0.15) is 24.2 Å². The zero-order valence-electron chi connectivity index (χ0n) is 13.4. The Labute approximate surface area is 135 Å². The molecular weight excluding hydrogens is 292 g/mol. The molecule has 2 atom stereocenters. The lowest BCUT2D eigenvalue weighted by molar-refractivity contribution is -0.133. The van der Waals surface area contributed by atoms with Gasteiger partial charge in [-0.15, -0.1) is 0 Å². The second kappa shape index (κ2) is 5.83. The summed E-state index contributed by atoms with van der Waals surface area (Å²) >= 11 is 0. The van der Waals surface area contributed by atoms with Crippen LogP contribution in [0.5, 0.6) is 0 Å². The fraction of sp³-hybridized carbons (Fsp3) is 0.588. The van der Waals surface area contributed by atoms with E-state index >= 15 is 0 Å². The lowest BCUT2D eigenvalue weighted by Crippen LogP contribution is -2.33. The van der Waals surface area contributed by atoms with Gasteiger partial charge in [-0.3, -0.25) is 9.48 Å². The van der Waals surface area contributed by atoms with Gasteiger partial charge in [-0.1, -0.05) is 6.92 Å². The van der Waals surface area contributed by atoms with Crippen molar-refractivity contribution in [2.45, 2.75) is 57.7 Å². The number of aromatic nitrogens is 3. The normalized spacial score (nSPS) is 23.0. The van der Waals surface area contributed by atoms with Crippen LogP contribution in [0.2, 0.25) is 0 Å². The molecule has 2 unspecified atom stereocenters. The number of aryl methyl sites for hydroxylation is 1. The van der Waals surface area contributed by atoms with Crippen LogP contribution in [-0.2, 0) is 17.9 Å². The summed E-state index contributed by atoms with van der Waals surface area (Å²) in [6.07, 6.45) is 7.00. The molecule has 0 bridgehead atoms. The van der Waals surface area contributed by atoms with Crippen LogP contribution in [-0.4, -0.2) is 31.6 Å². The van der Waals surface area contributed by atoms with Crippen molar-refractivity contribution in [1.29, 1.82) is 0 Å². The largest absolute Gasteiger partial charge is 0.464 e. The smallest absolute Gasteiger partial charge is 0.225 e. The average Bonchev–Trinajstić information content (AvgIpc) is 3.40. The Balaban J connectivity index is 1.37. The SMILES string of the molecule is CC1CC1c1ccc(CN(C(=O)CCn2cncn2)C2CC2)o1. The van der Waals surface area contributed by atoms with E-state index in [1.54, 1.807) is 11.0 Å². The zero-order valence-corrected chi connectivity index (χ0v) is 13.4. The van der Waals surface area contributed by atoms with Crippen molar-refractivity contribution in [3.8, 4) is 0 Å². The number of rotatable bonds is 7. The molecule has 6 nitrogen and oxygen atoms in total. The minimum atomic E-state index is 0.167. The van der Waals surface area contributed by atoms with Crippen LogP contribution in [0.15, 0.2) is 29.2 Å². The number of hydrogen-bond donors (Lipinski definition) is 0. The second-order valence-electron chi connectivity index (χ2n) is 6.78. The van der Waals surface area contributed by atoms with Crippen molar-refractivity contribution in [2.24, 2.45) is 5.92 Å². The van der Waals surface area contributed by atoms with Gasteiger partial charge in [0.15, 0.2) is 0 Å². The van der Waals surface area contributed by atoms with Gasteiger partial charge in [0.2, 0.25) is 5.91 Å². The van der Waals surface area contributed by atoms with E-state index in [-0.39, 0.29) is 5.91 Å². The summed E-state index contributed by atoms with van der Waals surface area (Å²) in [5.74, 6) is 3.47. The molecule has 2 saturated carbocycles. The maximum absolute atomic E-state index is 12.6. The van der Waals surface area contributed by atoms with Crippen molar-refractivity contribution in [3.05, 3.63) is 36.3 Å². The van der Waals surface area contributed by atoms with Gasteiger partial charge in [-0.25, -0.2) is 4.98 Å². The Morgan fingerprint density at radius 2 is 2.26 bits per heavy atom. The molecule has 2 heterocycles. The molecule has 4 rings (SSSR count). The highest BCUT2D eigenvalue weighted by Gasteiger charge is 2.37. The molecular formula is C17H22N4O2. The maximum atomic E-state index is 12.6. The van der Waals surface area contributed by atoms with Gasteiger partial charge < -0.3 is 9.32 Å². The first-order chi connectivity index (χ1) is 11.2. The number of carbonyl (C=O) groups excluding carboxylic acids is 1. The predicted molar refractivity (Wildman–Crippen MR) is 83.4 cm³/mol. The summed E-state index contributed by atoms with van der Waals surface area (Å²) in [6.45, 7) is 3.41. The molecule has 0 spiro atoms. The quantitative estimate of drug-likeness (QED) is 0.788. The van der Waals surface area contributed by atoms with Crippen molar-refractivity contribution in [2.75, 3.05) is 0 Å². The van der Waals surface area contributed by atoms with E-state index in [9.17, 15) is 4.79 Å². The monoisotopic (exact) mass is 314 g/mol. The van der Waals surface area contributed by atoms with Crippen LogP contribution < -0.4 is 0 Å². The molecule has 2 aliphatic rings. The molecule has 1 amide bonds. The molecule has 122 valence electrons. The zero-order chi connectivity index (χ0) is 15.8. The van der Waals surface area contributed by atoms with Crippen LogP contribution in [0.3, 0.4) is 0 Å². The van der Waals surface area contributed by atoms with Crippen molar-refractivity contribution in [3.63, 3.8) is 0 Å². The molecule has 6 heteroatoms. The Morgan fingerprint density at radius 3 is 2.91 bits per heavy atom. The first-order valence-corrected chi connectivity index (χ1v) is 8.41. The van der Waals surface area contributed by atoms with Crippen molar-refractivity contribution >= 4 is 5.91 Å². The average molecular weight is 314 g/mol. The Bertz CT molecular complexity index is 675. The minimum Gasteiger partial charge on any atom is -0.464 e. The van der Waals surface area contributed by atoms with Gasteiger partial charge >= 0.3 is 0 Å². The van der Waals surface area contributed by atoms with E-state index in [1.807, 2.05) is 11.0 Å². The highest BCUT2D eigenvalue weighted by atomic mass is 16.3. The number of nitrogens with zero attached hydrogens (tertiary/aromatic N) is 4. The number of hydrogen-bond acceptors (Lipinski definition) is 4. The lowest BCUT2D eigenvalue weighted by Gasteiger charge is -2.21. The first kappa shape index (κ1) is 14.5. The van der Waals surface area contributed by atoms with Crippen LogP contribution in [0.25, 0.3) is 0 Å². The molecule has 0 saturated heterocycles. The van der Waals surface area contributed by atoms with Crippen molar-refractivity contribution in [1.82, 2.24) is 19.7 Å². The second-order valence-corrected chi connectivity index (χ2v) is 6.78. The standard InChI is InChI=1S/C17H22N4O2/c1-12-8-15(12)16-5-4-14(23-16)9-21(13-2-3-13)17(22)6-7-20-11-18-10-19-20/h4-5,10-13,15H,2-3,6-9H2,1H3. The van der Waals surface area contributed by atoms with Crippen molar-refractivity contribution < 1.29 is 9.21 Å². The molecule has 2 aromatic rings. The summed E-state index contributed by atoms with van der Waals surface area (Å²) < 4.78 is 7.66. The summed E-state index contributed by atoms with van der Waals surface area (Å²) in [6, 6.07) is 4.49. The lowest BCUT2D eigenvalue weighted by atomic mass is 10.2. The third-order valence-electron chi connectivity index (χ3n) is 4.81. The van der Waals surface area contributed by atoms with Crippen LogP contribution in [0, 0.1) is 5.92 Å². The van der Waals surface area contributed by atoms with E-state index in [2.05, 4.69) is 23.1 Å². The van der Waals surface area contributed by atoms with Crippen LogP contribution in [0.4, 0.5) is 0 Å². The number of carbonyl (C=O) groups is 1. The fourth-order valence-electron chi connectivity index (χ4n) is 3.07. The van der Waals surface area contributed by atoms with Gasteiger partial charge in [0.25, 0.3) is 0 Å². The Kier molecular flexibility index (Phi) is 3.67. The van der Waals surface area contributed by atoms with E-state index in [4.69, 9.17) is 4.42 Å². The third kappa shape index (κ3) is 3.30. The Hall–Kier alpha value is -2.11. The molecule has 0 radical (unpaired) electrons. The summed E-state index contributed by atoms with van der Waals surface area (Å²) in [5, 5.41) is 4.05. The van der Waals surface area contributed by atoms with E-state index < -0.39 is 0 Å². The first-order valence-electron chi connectivity index (χ1n) is 8.41. The summed E-state index contributed by atoms with van der Waals surface area (Å²) in [7, 11) is 0. The van der Waals surface area contributed by atoms with Gasteiger partial charge in [-0.05, 0) is 37.3 Å². The molecule has 23 heavy (non-hydrogen) atoms. The van der Waals surface area contributed by atoms with E-state index in [0.29, 0.717) is 31.5 Å². The third-order valence-corrected chi connectivity index (χ3v) is 4.81. The van der Waals surface area contributed by atoms with Gasteiger partial charge in [0.05, 0.1) is 13.1 Å². The van der Waals surface area contributed by atoms with Gasteiger partial charge in [0, 0.05) is 18.4 Å². The minimum absolute atomic E-state index is 0.167.